The maximum Gasteiger partial charge on any atom is 0.217 e. The lowest BCUT2D eigenvalue weighted by Crippen LogP contribution is -2.30. The number of carbonyl (C=O) groups is 1. The molecule has 82 valence electrons. The van der Waals surface area contributed by atoms with Gasteiger partial charge in [0.1, 0.15) is 0 Å². The molecule has 3 nitrogen and oxygen atoms in total. The molecule has 1 rings (SSSR count). The Hall–Kier alpha value is -0.570. The lowest BCUT2D eigenvalue weighted by molar-refractivity contribution is -0.118. The average Bonchev–Trinajstić information content (AvgIpc) is 2.15. The van der Waals surface area contributed by atoms with Gasteiger partial charge in [0.05, 0.1) is 0 Å². The number of rotatable bonds is 5. The monoisotopic (exact) mass is 198 g/mol. The molecule has 1 aliphatic rings. The van der Waals surface area contributed by atoms with E-state index in [0.717, 1.165) is 18.8 Å². The van der Waals surface area contributed by atoms with Gasteiger partial charge in [-0.3, -0.25) is 4.79 Å². The fourth-order valence-corrected chi connectivity index (χ4v) is 2.08. The second-order valence-electron chi connectivity index (χ2n) is 4.46. The Kier molecular flexibility index (Phi) is 4.94. The first-order valence-electron chi connectivity index (χ1n) is 5.65. The van der Waals surface area contributed by atoms with E-state index in [9.17, 15) is 4.79 Å². The lowest BCUT2D eigenvalue weighted by Gasteiger charge is -2.28. The van der Waals surface area contributed by atoms with Crippen LogP contribution in [0.25, 0.3) is 0 Å². The van der Waals surface area contributed by atoms with Gasteiger partial charge in [0.2, 0.25) is 5.91 Å². The SMILES string of the molecule is CN1CCC(CCCCC(N)=O)CC1. The summed E-state index contributed by atoms with van der Waals surface area (Å²) in [6.45, 7) is 2.47. The number of hydrogen-bond donors (Lipinski definition) is 1. The molecule has 0 aromatic carbocycles. The van der Waals surface area contributed by atoms with Crippen LogP contribution in [0.2, 0.25) is 0 Å². The van der Waals surface area contributed by atoms with Crippen molar-refractivity contribution in [2.24, 2.45) is 11.7 Å². The molecule has 0 aromatic heterocycles. The van der Waals surface area contributed by atoms with Crippen LogP contribution in [0.1, 0.15) is 38.5 Å². The first kappa shape index (κ1) is 11.5. The van der Waals surface area contributed by atoms with Crippen LogP contribution in [0.4, 0.5) is 0 Å². The van der Waals surface area contributed by atoms with Crippen molar-refractivity contribution >= 4 is 5.91 Å². The number of likely N-dealkylation sites (tertiary alicyclic amines) is 1. The Morgan fingerprint density at radius 1 is 1.36 bits per heavy atom. The van der Waals surface area contributed by atoms with Crippen LogP contribution in [0.15, 0.2) is 0 Å². The van der Waals surface area contributed by atoms with E-state index in [-0.39, 0.29) is 5.91 Å². The number of nitrogens with two attached hydrogens (primary N) is 1. The third kappa shape index (κ3) is 4.61. The van der Waals surface area contributed by atoms with Crippen LogP contribution in [0.5, 0.6) is 0 Å². The molecule has 0 atom stereocenters. The first-order chi connectivity index (χ1) is 6.68. The van der Waals surface area contributed by atoms with E-state index in [1.165, 1.54) is 32.4 Å². The number of nitrogens with zero attached hydrogens (tertiary/aromatic N) is 1. The van der Waals surface area contributed by atoms with Gasteiger partial charge in [-0.15, -0.1) is 0 Å². The van der Waals surface area contributed by atoms with Crippen molar-refractivity contribution in [1.82, 2.24) is 4.90 Å². The molecule has 14 heavy (non-hydrogen) atoms. The van der Waals surface area contributed by atoms with E-state index in [4.69, 9.17) is 5.73 Å². The highest BCUT2D eigenvalue weighted by Crippen LogP contribution is 2.21. The van der Waals surface area contributed by atoms with E-state index in [2.05, 4.69) is 11.9 Å². The largest absolute Gasteiger partial charge is 0.370 e. The molecule has 0 unspecified atom stereocenters. The molecule has 1 aliphatic heterocycles. The molecule has 0 aromatic rings. The number of unbranched alkanes of at least 4 members (excludes halogenated alkanes) is 1. The molecule has 1 heterocycles. The minimum Gasteiger partial charge on any atom is -0.370 e. The van der Waals surface area contributed by atoms with Crippen molar-refractivity contribution in [2.75, 3.05) is 20.1 Å². The molecule has 1 saturated heterocycles. The van der Waals surface area contributed by atoms with E-state index >= 15 is 0 Å². The molecule has 1 amide bonds. The van der Waals surface area contributed by atoms with Crippen molar-refractivity contribution in [3.8, 4) is 0 Å². The number of primary amides is 1. The van der Waals surface area contributed by atoms with E-state index in [1.807, 2.05) is 0 Å². The van der Waals surface area contributed by atoms with Gasteiger partial charge in [-0.05, 0) is 45.3 Å². The highest BCUT2D eigenvalue weighted by atomic mass is 16.1. The van der Waals surface area contributed by atoms with Gasteiger partial charge in [-0.2, -0.15) is 0 Å². The van der Waals surface area contributed by atoms with Crippen molar-refractivity contribution in [3.05, 3.63) is 0 Å². The van der Waals surface area contributed by atoms with E-state index < -0.39 is 0 Å². The molecule has 0 saturated carbocycles. The predicted octanol–water partition coefficient (Wildman–Crippen LogP) is 1.37. The van der Waals surface area contributed by atoms with Crippen molar-refractivity contribution in [1.29, 1.82) is 0 Å². The molecular weight excluding hydrogens is 176 g/mol. The zero-order chi connectivity index (χ0) is 10.4. The summed E-state index contributed by atoms with van der Waals surface area (Å²) < 4.78 is 0. The van der Waals surface area contributed by atoms with Gasteiger partial charge in [-0.25, -0.2) is 0 Å². The Balaban J connectivity index is 1.99. The third-order valence-electron chi connectivity index (χ3n) is 3.12. The van der Waals surface area contributed by atoms with Crippen LogP contribution in [0, 0.1) is 5.92 Å². The Labute approximate surface area is 86.6 Å². The second kappa shape index (κ2) is 6.02. The minimum atomic E-state index is -0.159. The van der Waals surface area contributed by atoms with Gasteiger partial charge >= 0.3 is 0 Å². The second-order valence-corrected chi connectivity index (χ2v) is 4.46. The summed E-state index contributed by atoms with van der Waals surface area (Å²) in [5.74, 6) is 0.729. The van der Waals surface area contributed by atoms with Crippen molar-refractivity contribution in [2.45, 2.75) is 38.5 Å². The smallest absolute Gasteiger partial charge is 0.217 e. The maximum atomic E-state index is 10.5. The fraction of sp³-hybridized carbons (Fsp3) is 0.909. The summed E-state index contributed by atoms with van der Waals surface area (Å²) in [5.41, 5.74) is 5.08. The van der Waals surface area contributed by atoms with Gasteiger partial charge in [0, 0.05) is 6.42 Å². The average molecular weight is 198 g/mol. The van der Waals surface area contributed by atoms with E-state index in [0.29, 0.717) is 6.42 Å². The normalized spacial score (nSPS) is 19.8. The number of amides is 1. The Bertz CT molecular complexity index is 174. The molecular formula is C11H22N2O. The Morgan fingerprint density at radius 2 is 2.00 bits per heavy atom. The molecule has 0 spiro atoms. The zero-order valence-corrected chi connectivity index (χ0v) is 9.17. The summed E-state index contributed by atoms with van der Waals surface area (Å²) in [7, 11) is 2.18. The van der Waals surface area contributed by atoms with Gasteiger partial charge in [0.25, 0.3) is 0 Å². The topological polar surface area (TPSA) is 46.3 Å². The van der Waals surface area contributed by atoms with Crippen LogP contribution in [0.3, 0.4) is 0 Å². The number of hydrogen-bond acceptors (Lipinski definition) is 2. The maximum absolute atomic E-state index is 10.5. The predicted molar refractivity (Wildman–Crippen MR) is 57.9 cm³/mol. The van der Waals surface area contributed by atoms with Crippen LogP contribution >= 0.6 is 0 Å². The summed E-state index contributed by atoms with van der Waals surface area (Å²) in [6, 6.07) is 0. The van der Waals surface area contributed by atoms with Crippen molar-refractivity contribution in [3.63, 3.8) is 0 Å². The first-order valence-corrected chi connectivity index (χ1v) is 5.65. The molecule has 0 aliphatic carbocycles. The van der Waals surface area contributed by atoms with Gasteiger partial charge in [0.15, 0.2) is 0 Å². The fourth-order valence-electron chi connectivity index (χ4n) is 2.08. The Morgan fingerprint density at radius 3 is 2.57 bits per heavy atom. The van der Waals surface area contributed by atoms with Crippen LogP contribution < -0.4 is 5.73 Å². The highest BCUT2D eigenvalue weighted by molar-refractivity contribution is 5.73. The van der Waals surface area contributed by atoms with Crippen LogP contribution in [-0.4, -0.2) is 30.9 Å². The summed E-state index contributed by atoms with van der Waals surface area (Å²) in [5, 5.41) is 0. The molecule has 0 radical (unpaired) electrons. The minimum absolute atomic E-state index is 0.159. The quantitative estimate of drug-likeness (QED) is 0.678. The van der Waals surface area contributed by atoms with Crippen LogP contribution in [-0.2, 0) is 4.79 Å². The van der Waals surface area contributed by atoms with Crippen molar-refractivity contribution < 1.29 is 4.79 Å². The van der Waals surface area contributed by atoms with E-state index in [1.54, 1.807) is 0 Å². The standard InChI is InChI=1S/C11H22N2O/c1-13-8-6-10(7-9-13)4-2-3-5-11(12)14/h10H,2-9H2,1H3,(H2,12,14). The lowest BCUT2D eigenvalue weighted by atomic mass is 9.91. The summed E-state index contributed by atoms with van der Waals surface area (Å²) >= 11 is 0. The summed E-state index contributed by atoms with van der Waals surface area (Å²) in [6.07, 6.45) is 6.63. The summed E-state index contributed by atoms with van der Waals surface area (Å²) in [4.78, 5) is 12.9. The highest BCUT2D eigenvalue weighted by Gasteiger charge is 2.15. The molecule has 1 fully saturated rings. The molecule has 0 bridgehead atoms. The third-order valence-corrected chi connectivity index (χ3v) is 3.12. The van der Waals surface area contributed by atoms with Gasteiger partial charge < -0.3 is 10.6 Å². The molecule has 3 heteroatoms. The molecule has 2 N–H and O–H groups in total. The number of piperidine rings is 1. The number of carbonyl (C=O) groups excluding carboxylic acids is 1. The zero-order valence-electron chi connectivity index (χ0n) is 9.17. The van der Waals surface area contributed by atoms with Gasteiger partial charge in [-0.1, -0.05) is 12.8 Å².